The Bertz CT molecular complexity index is 784. The average Bonchev–Trinajstić information content (AvgIpc) is 2.93. The molecule has 0 fully saturated rings. The van der Waals surface area contributed by atoms with Gasteiger partial charge in [0.2, 0.25) is 0 Å². The lowest BCUT2D eigenvalue weighted by Gasteiger charge is -2.31. The van der Waals surface area contributed by atoms with Crippen LogP contribution in [-0.2, 0) is 5.72 Å². The number of amides is 1. The van der Waals surface area contributed by atoms with Gasteiger partial charge in [0.05, 0.1) is 0 Å². The lowest BCUT2D eigenvalue weighted by atomic mass is 9.95. The fourth-order valence-electron chi connectivity index (χ4n) is 2.79. The van der Waals surface area contributed by atoms with Gasteiger partial charge in [-0.25, -0.2) is 0 Å². The molecule has 2 aromatic rings. The van der Waals surface area contributed by atoms with E-state index in [2.05, 4.69) is 5.10 Å². The van der Waals surface area contributed by atoms with Crippen molar-refractivity contribution in [3.63, 3.8) is 0 Å². The highest BCUT2D eigenvalue weighted by atomic mass is 35.5. The summed E-state index contributed by atoms with van der Waals surface area (Å²) in [5.41, 5.74) is 1.51. The molecule has 0 saturated heterocycles. The summed E-state index contributed by atoms with van der Waals surface area (Å²) in [5.74, 6) is -0.349. The van der Waals surface area contributed by atoms with Gasteiger partial charge in [-0.05, 0) is 37.6 Å². The number of aryl methyl sites for hydroxylation is 1. The van der Waals surface area contributed by atoms with Gasteiger partial charge in [0, 0.05) is 28.3 Å². The van der Waals surface area contributed by atoms with E-state index < -0.39 is 5.72 Å². The first-order chi connectivity index (χ1) is 11.4. The van der Waals surface area contributed by atoms with Crippen LogP contribution >= 0.6 is 11.6 Å². The molecule has 0 unspecified atom stereocenters. The molecule has 24 heavy (non-hydrogen) atoms. The second kappa shape index (κ2) is 6.38. The highest BCUT2D eigenvalue weighted by molar-refractivity contribution is 6.30. The fourth-order valence-corrected chi connectivity index (χ4v) is 2.91. The van der Waals surface area contributed by atoms with E-state index in [1.165, 1.54) is 5.01 Å². The van der Waals surface area contributed by atoms with Crippen molar-refractivity contribution >= 4 is 23.2 Å². The van der Waals surface area contributed by atoms with Crippen molar-refractivity contribution in [1.29, 1.82) is 0 Å². The maximum atomic E-state index is 12.9. The molecule has 2 aromatic carbocycles. The molecule has 3 rings (SSSR count). The molecule has 1 N–H and O–H groups in total. The number of carbonyl (C=O) groups excluding carboxylic acids is 1. The van der Waals surface area contributed by atoms with Crippen LogP contribution in [0.5, 0.6) is 0 Å². The largest absolute Gasteiger partial charge is 0.365 e. The molecular weight excluding hydrogens is 324 g/mol. The van der Waals surface area contributed by atoms with Gasteiger partial charge in [0.25, 0.3) is 5.91 Å². The summed E-state index contributed by atoms with van der Waals surface area (Å²) in [7, 11) is 0. The van der Waals surface area contributed by atoms with E-state index in [1.807, 2.05) is 38.1 Å². The fraction of sp³-hybridized carbons (Fsp3) is 0.263. The summed E-state index contributed by atoms with van der Waals surface area (Å²) in [5, 5.41) is 17.4. The van der Waals surface area contributed by atoms with E-state index in [1.54, 1.807) is 24.3 Å². The maximum absolute atomic E-state index is 12.9. The number of rotatable bonds is 3. The van der Waals surface area contributed by atoms with Crippen molar-refractivity contribution in [1.82, 2.24) is 5.01 Å². The molecule has 4 nitrogen and oxygen atoms in total. The number of aliphatic hydroxyl groups is 1. The monoisotopic (exact) mass is 342 g/mol. The predicted octanol–water partition coefficient (Wildman–Crippen LogP) is 4.11. The van der Waals surface area contributed by atoms with Crippen LogP contribution in [0, 0.1) is 6.92 Å². The number of hydrazone groups is 1. The van der Waals surface area contributed by atoms with Crippen molar-refractivity contribution in [3.8, 4) is 0 Å². The highest BCUT2D eigenvalue weighted by Gasteiger charge is 2.45. The smallest absolute Gasteiger partial charge is 0.276 e. The number of benzene rings is 2. The van der Waals surface area contributed by atoms with Crippen LogP contribution < -0.4 is 0 Å². The molecule has 0 radical (unpaired) electrons. The number of carbonyl (C=O) groups is 1. The van der Waals surface area contributed by atoms with Crippen LogP contribution in [0.3, 0.4) is 0 Å². The van der Waals surface area contributed by atoms with Crippen molar-refractivity contribution in [3.05, 3.63) is 70.2 Å². The summed E-state index contributed by atoms with van der Waals surface area (Å²) in [4.78, 5) is 12.9. The molecule has 1 aliphatic heterocycles. The first kappa shape index (κ1) is 16.7. The van der Waals surface area contributed by atoms with E-state index >= 15 is 0 Å². The minimum Gasteiger partial charge on any atom is -0.365 e. The van der Waals surface area contributed by atoms with Crippen LogP contribution in [-0.4, -0.2) is 21.7 Å². The van der Waals surface area contributed by atoms with E-state index in [0.717, 1.165) is 11.3 Å². The van der Waals surface area contributed by atoms with Crippen LogP contribution in [0.2, 0.25) is 5.02 Å². The normalized spacial score (nSPS) is 20.2. The lowest BCUT2D eigenvalue weighted by Crippen LogP contribution is -2.43. The zero-order chi connectivity index (χ0) is 17.3. The topological polar surface area (TPSA) is 52.9 Å². The summed E-state index contributed by atoms with van der Waals surface area (Å²) in [6.45, 7) is 3.94. The Morgan fingerprint density at radius 1 is 1.21 bits per heavy atom. The van der Waals surface area contributed by atoms with Gasteiger partial charge in [0.15, 0.2) is 5.72 Å². The van der Waals surface area contributed by atoms with Gasteiger partial charge in [-0.2, -0.15) is 10.1 Å². The summed E-state index contributed by atoms with van der Waals surface area (Å²) >= 11 is 5.89. The van der Waals surface area contributed by atoms with Crippen LogP contribution in [0.15, 0.2) is 53.6 Å². The van der Waals surface area contributed by atoms with Gasteiger partial charge in [-0.1, -0.05) is 48.4 Å². The first-order valence-corrected chi connectivity index (χ1v) is 8.28. The maximum Gasteiger partial charge on any atom is 0.276 e. The van der Waals surface area contributed by atoms with Crippen LogP contribution in [0.4, 0.5) is 0 Å². The zero-order valence-corrected chi connectivity index (χ0v) is 14.4. The predicted molar refractivity (Wildman–Crippen MR) is 95.0 cm³/mol. The van der Waals surface area contributed by atoms with E-state index in [4.69, 9.17) is 11.6 Å². The molecule has 0 aliphatic carbocycles. The van der Waals surface area contributed by atoms with E-state index in [9.17, 15) is 9.90 Å². The third-order valence-corrected chi connectivity index (χ3v) is 4.50. The Morgan fingerprint density at radius 2 is 1.83 bits per heavy atom. The average molecular weight is 343 g/mol. The molecule has 1 aliphatic rings. The molecule has 1 amide bonds. The van der Waals surface area contributed by atoms with Crippen molar-refractivity contribution in [2.24, 2.45) is 5.10 Å². The third kappa shape index (κ3) is 2.95. The number of halogens is 1. The molecule has 1 heterocycles. The molecule has 124 valence electrons. The third-order valence-electron chi connectivity index (χ3n) is 4.25. The SMILES string of the molecule is CCC1=NN(C(=O)c2ccc(Cl)cc2)[C@](O)(c2ccc(C)cc2)C1. The van der Waals surface area contributed by atoms with Crippen molar-refractivity contribution < 1.29 is 9.90 Å². The van der Waals surface area contributed by atoms with Gasteiger partial charge >= 0.3 is 0 Å². The Kier molecular flexibility index (Phi) is 4.43. The quantitative estimate of drug-likeness (QED) is 0.912. The minimum atomic E-state index is -1.46. The van der Waals surface area contributed by atoms with Crippen LogP contribution in [0.1, 0.15) is 41.3 Å². The van der Waals surface area contributed by atoms with Crippen molar-refractivity contribution in [2.75, 3.05) is 0 Å². The van der Waals surface area contributed by atoms with Gasteiger partial charge < -0.3 is 5.11 Å². The van der Waals surface area contributed by atoms with E-state index in [0.29, 0.717) is 29.0 Å². The van der Waals surface area contributed by atoms with E-state index in [-0.39, 0.29) is 5.91 Å². The molecule has 0 aromatic heterocycles. The second-order valence-corrected chi connectivity index (χ2v) is 6.44. The second-order valence-electron chi connectivity index (χ2n) is 6.00. The van der Waals surface area contributed by atoms with Gasteiger partial charge in [-0.3, -0.25) is 4.79 Å². The molecule has 0 spiro atoms. The molecule has 0 bridgehead atoms. The minimum absolute atomic E-state index is 0.311. The Morgan fingerprint density at radius 3 is 2.42 bits per heavy atom. The lowest BCUT2D eigenvalue weighted by molar-refractivity contribution is -0.0765. The Labute approximate surface area is 146 Å². The molecular formula is C19H19ClN2O2. The zero-order valence-electron chi connectivity index (χ0n) is 13.7. The summed E-state index contributed by atoms with van der Waals surface area (Å²) < 4.78 is 0. The molecule has 5 heteroatoms. The summed E-state index contributed by atoms with van der Waals surface area (Å²) in [6, 6.07) is 14.1. The first-order valence-electron chi connectivity index (χ1n) is 7.90. The molecule has 0 saturated carbocycles. The number of hydrogen-bond acceptors (Lipinski definition) is 3. The number of nitrogens with zero attached hydrogens (tertiary/aromatic N) is 2. The Hall–Kier alpha value is -2.17. The molecule has 1 atom stereocenters. The highest BCUT2D eigenvalue weighted by Crippen LogP contribution is 2.37. The van der Waals surface area contributed by atoms with Gasteiger partial charge in [-0.15, -0.1) is 0 Å². The Balaban J connectivity index is 2.01. The number of hydrogen-bond donors (Lipinski definition) is 1. The summed E-state index contributed by atoms with van der Waals surface area (Å²) in [6.07, 6.45) is 0.991. The van der Waals surface area contributed by atoms with Crippen molar-refractivity contribution in [2.45, 2.75) is 32.4 Å². The van der Waals surface area contributed by atoms with Gasteiger partial charge in [0.1, 0.15) is 0 Å². The standard InChI is InChI=1S/C19H19ClN2O2/c1-3-17-12-19(24,15-8-4-13(2)5-9-15)22(21-17)18(23)14-6-10-16(20)11-7-14/h4-11,24H,3,12H2,1-2H3/t19-/m1/s1. The van der Waals surface area contributed by atoms with Crippen LogP contribution in [0.25, 0.3) is 0 Å².